The van der Waals surface area contributed by atoms with E-state index in [0.29, 0.717) is 5.69 Å². The lowest BCUT2D eigenvalue weighted by molar-refractivity contribution is 0.194. The van der Waals surface area contributed by atoms with E-state index < -0.39 is 0 Å². The van der Waals surface area contributed by atoms with Gasteiger partial charge in [-0.1, -0.05) is 6.07 Å². The first-order valence-corrected chi connectivity index (χ1v) is 8.47. The van der Waals surface area contributed by atoms with E-state index >= 15 is 0 Å². The minimum Gasteiger partial charge on any atom is -0.495 e. The number of hydrogen-bond acceptors (Lipinski definition) is 4. The second-order valence-corrected chi connectivity index (χ2v) is 7.15. The quantitative estimate of drug-likeness (QED) is 0.706. The number of nitrogens with one attached hydrogen (secondary N) is 2. The average molecular weight is 322 g/mol. The van der Waals surface area contributed by atoms with Crippen molar-refractivity contribution in [3.05, 3.63) is 47.5 Å². The molecule has 1 saturated heterocycles. The minimum absolute atomic E-state index is 0.180. The van der Waals surface area contributed by atoms with Crippen LogP contribution in [0.4, 0.5) is 0 Å². The van der Waals surface area contributed by atoms with Crippen LogP contribution in [0, 0.1) is 16.7 Å². The van der Waals surface area contributed by atoms with E-state index in [9.17, 15) is 5.11 Å². The number of hydrogen-bond donors (Lipinski definition) is 3. The van der Waals surface area contributed by atoms with Crippen LogP contribution in [0.3, 0.4) is 0 Å². The highest BCUT2D eigenvalue weighted by atomic mass is 16.3. The molecule has 5 heteroatoms. The molecule has 4 rings (SSSR count). The van der Waals surface area contributed by atoms with Crippen LogP contribution in [0.2, 0.25) is 0 Å². The second-order valence-electron chi connectivity index (χ2n) is 7.15. The average Bonchev–Trinajstić information content (AvgIpc) is 3.16. The highest BCUT2D eigenvalue weighted by Gasteiger charge is 2.39. The molecule has 3 N–H and O–H groups in total. The van der Waals surface area contributed by atoms with E-state index in [0.717, 1.165) is 51.0 Å². The van der Waals surface area contributed by atoms with Gasteiger partial charge in [-0.15, -0.1) is 0 Å². The molecule has 1 aromatic carbocycles. The number of likely N-dealkylation sites (tertiary alicyclic amines) is 1. The number of nitrogens with zero attached hydrogens (tertiary/aromatic N) is 2. The summed E-state index contributed by atoms with van der Waals surface area (Å²) in [5, 5.41) is 23.6. The fraction of sp³-hybridized carbons (Fsp3) is 0.421. The second kappa shape index (κ2) is 5.57. The van der Waals surface area contributed by atoms with Crippen LogP contribution in [0.15, 0.2) is 30.7 Å². The summed E-state index contributed by atoms with van der Waals surface area (Å²) in [4.78, 5) is 5.16. The molecule has 2 aliphatic heterocycles. The Hall–Kier alpha value is -2.45. The normalized spacial score (nSPS) is 23.7. The lowest BCUT2D eigenvalue weighted by Gasteiger charge is -2.32. The lowest BCUT2D eigenvalue weighted by Crippen LogP contribution is -2.38. The van der Waals surface area contributed by atoms with E-state index in [2.05, 4.69) is 35.1 Å². The Morgan fingerprint density at radius 2 is 2.25 bits per heavy atom. The number of aromatic amines is 1. The predicted molar refractivity (Wildman–Crippen MR) is 93.4 cm³/mol. The number of aliphatic hydroxyl groups is 1. The molecule has 5 nitrogen and oxygen atoms in total. The number of fused-ring (bicyclic) bond motifs is 3. The molecule has 24 heavy (non-hydrogen) atoms. The van der Waals surface area contributed by atoms with Gasteiger partial charge in [0.15, 0.2) is 5.88 Å². The molecule has 1 spiro atoms. The number of aryl methyl sites for hydroxylation is 1. The maximum Gasteiger partial charge on any atom is 0.179 e. The Labute approximate surface area is 141 Å². The van der Waals surface area contributed by atoms with Gasteiger partial charge in [0.1, 0.15) is 11.8 Å². The number of nitriles is 1. The van der Waals surface area contributed by atoms with Crippen molar-refractivity contribution >= 4 is 10.9 Å². The Bertz CT molecular complexity index is 847. The maximum absolute atomic E-state index is 9.70. The molecule has 2 aliphatic rings. The largest absolute Gasteiger partial charge is 0.495 e. The molecular weight excluding hydrogens is 300 g/mol. The van der Waals surface area contributed by atoms with Crippen molar-refractivity contribution in [3.8, 4) is 6.07 Å². The topological polar surface area (TPSA) is 75.1 Å². The van der Waals surface area contributed by atoms with Gasteiger partial charge in [0.25, 0.3) is 0 Å². The molecule has 0 amide bonds. The van der Waals surface area contributed by atoms with Crippen molar-refractivity contribution < 1.29 is 5.11 Å². The Balaban J connectivity index is 1.67. The van der Waals surface area contributed by atoms with Crippen LogP contribution in [-0.4, -0.2) is 34.6 Å². The summed E-state index contributed by atoms with van der Waals surface area (Å²) in [7, 11) is 0. The SMILES string of the molecule is C=C(O)N1CCC2(CCc3c(ccc4[nH]c(C#N)cc34)CNC2)C1. The van der Waals surface area contributed by atoms with Crippen molar-refractivity contribution in [1.29, 1.82) is 5.26 Å². The number of rotatable bonds is 1. The Morgan fingerprint density at radius 1 is 1.38 bits per heavy atom. The number of aliphatic hydroxyl groups excluding tert-OH is 1. The van der Waals surface area contributed by atoms with Crippen molar-refractivity contribution in [3.63, 3.8) is 0 Å². The predicted octanol–water partition coefficient (Wildman–Crippen LogP) is 2.80. The van der Waals surface area contributed by atoms with Gasteiger partial charge in [0.2, 0.25) is 0 Å². The maximum atomic E-state index is 9.70. The van der Waals surface area contributed by atoms with Crippen LogP contribution in [0.25, 0.3) is 10.9 Å². The lowest BCUT2D eigenvalue weighted by atomic mass is 9.79. The van der Waals surface area contributed by atoms with Gasteiger partial charge in [-0.3, -0.25) is 0 Å². The third kappa shape index (κ3) is 2.44. The summed E-state index contributed by atoms with van der Waals surface area (Å²) in [5.74, 6) is 0.182. The van der Waals surface area contributed by atoms with Crippen LogP contribution in [0.5, 0.6) is 0 Å². The fourth-order valence-electron chi connectivity index (χ4n) is 4.27. The molecule has 0 aliphatic carbocycles. The molecule has 0 radical (unpaired) electrons. The minimum atomic E-state index is 0.180. The highest BCUT2D eigenvalue weighted by molar-refractivity contribution is 5.86. The van der Waals surface area contributed by atoms with Crippen molar-refractivity contribution in [1.82, 2.24) is 15.2 Å². The van der Waals surface area contributed by atoms with Gasteiger partial charge in [-0.2, -0.15) is 5.26 Å². The smallest absolute Gasteiger partial charge is 0.179 e. The van der Waals surface area contributed by atoms with Gasteiger partial charge in [-0.25, -0.2) is 0 Å². The summed E-state index contributed by atoms with van der Waals surface area (Å²) in [6.45, 7) is 7.21. The summed E-state index contributed by atoms with van der Waals surface area (Å²) < 4.78 is 0. The highest BCUT2D eigenvalue weighted by Crippen LogP contribution is 2.38. The molecule has 1 aromatic heterocycles. The zero-order chi connectivity index (χ0) is 16.7. The van der Waals surface area contributed by atoms with Crippen LogP contribution in [-0.2, 0) is 13.0 Å². The zero-order valence-electron chi connectivity index (χ0n) is 13.7. The van der Waals surface area contributed by atoms with Gasteiger partial charge in [0.05, 0.1) is 0 Å². The first-order chi connectivity index (χ1) is 11.6. The summed E-state index contributed by atoms with van der Waals surface area (Å²) in [5.41, 5.74) is 4.50. The van der Waals surface area contributed by atoms with Crippen molar-refractivity contribution in [2.75, 3.05) is 19.6 Å². The monoisotopic (exact) mass is 322 g/mol. The summed E-state index contributed by atoms with van der Waals surface area (Å²) >= 11 is 0. The van der Waals surface area contributed by atoms with Gasteiger partial charge < -0.3 is 20.3 Å². The molecular formula is C19H22N4O. The molecule has 1 atom stereocenters. The molecule has 3 heterocycles. The van der Waals surface area contributed by atoms with E-state index in [1.165, 1.54) is 16.5 Å². The summed E-state index contributed by atoms with van der Waals surface area (Å²) in [6, 6.07) is 8.41. The number of aromatic nitrogens is 1. The van der Waals surface area contributed by atoms with E-state index in [1.54, 1.807) is 0 Å². The van der Waals surface area contributed by atoms with E-state index in [-0.39, 0.29) is 11.3 Å². The van der Waals surface area contributed by atoms with Crippen molar-refractivity contribution in [2.45, 2.75) is 25.8 Å². The molecule has 0 saturated carbocycles. The fourth-order valence-corrected chi connectivity index (χ4v) is 4.27. The molecule has 1 unspecified atom stereocenters. The first-order valence-electron chi connectivity index (χ1n) is 8.47. The van der Waals surface area contributed by atoms with E-state index in [1.807, 2.05) is 11.0 Å². The van der Waals surface area contributed by atoms with Crippen LogP contribution in [0.1, 0.15) is 29.7 Å². The third-order valence-corrected chi connectivity index (χ3v) is 5.66. The molecule has 124 valence electrons. The summed E-state index contributed by atoms with van der Waals surface area (Å²) in [6.07, 6.45) is 3.15. The molecule has 2 aromatic rings. The van der Waals surface area contributed by atoms with Gasteiger partial charge in [-0.05, 0) is 49.1 Å². The van der Waals surface area contributed by atoms with Gasteiger partial charge in [0, 0.05) is 42.5 Å². The van der Waals surface area contributed by atoms with Crippen LogP contribution >= 0.6 is 0 Å². The zero-order valence-corrected chi connectivity index (χ0v) is 13.7. The van der Waals surface area contributed by atoms with Gasteiger partial charge >= 0.3 is 0 Å². The Kier molecular flexibility index (Phi) is 3.50. The van der Waals surface area contributed by atoms with Crippen molar-refractivity contribution in [2.24, 2.45) is 5.41 Å². The number of H-pyrrole nitrogens is 1. The first kappa shape index (κ1) is 15.1. The van der Waals surface area contributed by atoms with E-state index in [4.69, 9.17) is 5.26 Å². The molecule has 0 bridgehead atoms. The van der Waals surface area contributed by atoms with Crippen LogP contribution < -0.4 is 5.32 Å². The molecule has 1 fully saturated rings. The standard InChI is InChI=1S/C19H22N4O/c1-13(24)23-7-6-19(12-23)5-4-16-14(10-21-11-19)2-3-18-17(16)8-15(9-20)22-18/h2-3,8,21-22,24H,1,4-7,10-12H2. The Morgan fingerprint density at radius 3 is 3.00 bits per heavy atom. The third-order valence-electron chi connectivity index (χ3n) is 5.66. The number of benzene rings is 1.